The summed E-state index contributed by atoms with van der Waals surface area (Å²) in [5, 5.41) is 0.209. The maximum atomic E-state index is 6.21. The predicted octanol–water partition coefficient (Wildman–Crippen LogP) is 3.72. The Morgan fingerprint density at radius 2 is 1.89 bits per heavy atom. The summed E-state index contributed by atoms with van der Waals surface area (Å²) in [6.07, 6.45) is 0. The van der Waals surface area contributed by atoms with Crippen LogP contribution < -0.4 is 10.5 Å². The van der Waals surface area contributed by atoms with E-state index < -0.39 is 8.32 Å². The number of hydrogen-bond acceptors (Lipinski definition) is 3. The molecule has 1 aromatic carbocycles. The van der Waals surface area contributed by atoms with Gasteiger partial charge in [-0.3, -0.25) is 0 Å². The van der Waals surface area contributed by atoms with E-state index in [4.69, 9.17) is 14.9 Å². The van der Waals surface area contributed by atoms with E-state index in [0.717, 1.165) is 11.3 Å². The van der Waals surface area contributed by atoms with Crippen LogP contribution in [0.2, 0.25) is 18.1 Å². The van der Waals surface area contributed by atoms with Gasteiger partial charge in [0.15, 0.2) is 8.32 Å². The van der Waals surface area contributed by atoms with Crippen molar-refractivity contribution in [3.05, 3.63) is 29.8 Å². The molecule has 0 fully saturated rings. The molecule has 0 amide bonds. The third-order valence-corrected chi connectivity index (χ3v) is 8.45. The average molecular weight is 281 g/mol. The first kappa shape index (κ1) is 16.2. The van der Waals surface area contributed by atoms with Crippen LogP contribution in [-0.4, -0.2) is 22.0 Å². The van der Waals surface area contributed by atoms with Crippen molar-refractivity contribution in [1.82, 2.24) is 0 Å². The number of hydrogen-bond donors (Lipinski definition) is 1. The zero-order chi connectivity index (χ0) is 14.7. The Balaban J connectivity index is 2.67. The van der Waals surface area contributed by atoms with Crippen LogP contribution in [0.1, 0.15) is 32.4 Å². The summed E-state index contributed by atoms with van der Waals surface area (Å²) in [5.41, 5.74) is 7.26. The molecule has 0 spiro atoms. The first-order valence-electron chi connectivity index (χ1n) is 6.71. The highest BCUT2D eigenvalue weighted by Crippen LogP contribution is 2.37. The molecule has 0 aromatic heterocycles. The molecule has 3 nitrogen and oxygen atoms in total. The van der Waals surface area contributed by atoms with Crippen LogP contribution in [0.4, 0.5) is 0 Å². The summed E-state index contributed by atoms with van der Waals surface area (Å²) in [4.78, 5) is 0. The molecule has 0 aliphatic heterocycles. The van der Waals surface area contributed by atoms with Crippen molar-refractivity contribution in [2.75, 3.05) is 13.7 Å². The van der Waals surface area contributed by atoms with Crippen LogP contribution >= 0.6 is 0 Å². The maximum Gasteiger partial charge on any atom is 0.192 e. The Bertz CT molecular complexity index is 413. The van der Waals surface area contributed by atoms with E-state index in [1.807, 2.05) is 24.3 Å². The lowest BCUT2D eigenvalue weighted by Crippen LogP contribution is -2.42. The van der Waals surface area contributed by atoms with Gasteiger partial charge in [0.2, 0.25) is 0 Å². The quantitative estimate of drug-likeness (QED) is 0.837. The van der Waals surface area contributed by atoms with E-state index in [-0.39, 0.29) is 11.1 Å². The van der Waals surface area contributed by atoms with Gasteiger partial charge in [-0.2, -0.15) is 0 Å². The highest BCUT2D eigenvalue weighted by atomic mass is 28.4. The summed E-state index contributed by atoms with van der Waals surface area (Å²) in [6, 6.07) is 7.76. The van der Waals surface area contributed by atoms with Crippen molar-refractivity contribution in [3.63, 3.8) is 0 Å². The van der Waals surface area contributed by atoms with E-state index in [9.17, 15) is 0 Å². The SMILES string of the molecule is COc1cccc(C(N)CO[Si](C)(C)C(C)(C)C)c1. The zero-order valence-corrected chi connectivity index (χ0v) is 14.0. The second-order valence-corrected chi connectivity index (χ2v) is 11.3. The van der Waals surface area contributed by atoms with Gasteiger partial charge in [-0.15, -0.1) is 0 Å². The molecule has 0 bridgehead atoms. The highest BCUT2D eigenvalue weighted by Gasteiger charge is 2.37. The molecule has 1 unspecified atom stereocenters. The summed E-state index contributed by atoms with van der Waals surface area (Å²) >= 11 is 0. The van der Waals surface area contributed by atoms with E-state index in [0.29, 0.717) is 6.61 Å². The first-order chi connectivity index (χ1) is 8.67. The van der Waals surface area contributed by atoms with Gasteiger partial charge in [-0.25, -0.2) is 0 Å². The summed E-state index contributed by atoms with van der Waals surface area (Å²) < 4.78 is 11.4. The molecular weight excluding hydrogens is 254 g/mol. The van der Waals surface area contributed by atoms with Crippen LogP contribution in [0.15, 0.2) is 24.3 Å². The number of ether oxygens (including phenoxy) is 1. The molecule has 0 aliphatic carbocycles. The topological polar surface area (TPSA) is 44.5 Å². The Morgan fingerprint density at radius 3 is 2.42 bits per heavy atom. The Hall–Kier alpha value is -0.843. The average Bonchev–Trinajstić information content (AvgIpc) is 2.34. The molecule has 0 heterocycles. The summed E-state index contributed by atoms with van der Waals surface area (Å²) in [6.45, 7) is 11.7. The molecule has 108 valence electrons. The van der Waals surface area contributed by atoms with Crippen molar-refractivity contribution < 1.29 is 9.16 Å². The normalized spacial score (nSPS) is 14.3. The number of nitrogens with two attached hydrogens (primary N) is 1. The molecular formula is C15H27NO2Si. The van der Waals surface area contributed by atoms with Gasteiger partial charge in [-0.1, -0.05) is 32.9 Å². The highest BCUT2D eigenvalue weighted by molar-refractivity contribution is 6.74. The van der Waals surface area contributed by atoms with Gasteiger partial charge < -0.3 is 14.9 Å². The van der Waals surface area contributed by atoms with Crippen LogP contribution in [-0.2, 0) is 4.43 Å². The van der Waals surface area contributed by atoms with Gasteiger partial charge in [0.25, 0.3) is 0 Å². The van der Waals surface area contributed by atoms with Crippen molar-refractivity contribution in [3.8, 4) is 5.75 Å². The molecule has 0 aliphatic rings. The molecule has 0 saturated heterocycles. The lowest BCUT2D eigenvalue weighted by molar-refractivity contribution is 0.264. The van der Waals surface area contributed by atoms with E-state index >= 15 is 0 Å². The van der Waals surface area contributed by atoms with Crippen LogP contribution in [0.3, 0.4) is 0 Å². The van der Waals surface area contributed by atoms with Crippen LogP contribution in [0.5, 0.6) is 5.75 Å². The molecule has 1 atom stereocenters. The Labute approximate surface area is 118 Å². The number of benzene rings is 1. The maximum absolute atomic E-state index is 6.21. The number of rotatable bonds is 5. The van der Waals surface area contributed by atoms with Gasteiger partial charge in [-0.05, 0) is 35.8 Å². The smallest absolute Gasteiger partial charge is 0.192 e. The second kappa shape index (κ2) is 6.07. The lowest BCUT2D eigenvalue weighted by Gasteiger charge is -2.37. The third-order valence-electron chi connectivity index (χ3n) is 3.95. The van der Waals surface area contributed by atoms with Crippen LogP contribution in [0, 0.1) is 0 Å². The van der Waals surface area contributed by atoms with Crippen molar-refractivity contribution in [1.29, 1.82) is 0 Å². The van der Waals surface area contributed by atoms with Crippen molar-refractivity contribution in [2.45, 2.75) is 44.9 Å². The van der Waals surface area contributed by atoms with E-state index in [1.54, 1.807) is 7.11 Å². The van der Waals surface area contributed by atoms with Crippen LogP contribution in [0.25, 0.3) is 0 Å². The fraction of sp³-hybridized carbons (Fsp3) is 0.600. The molecule has 19 heavy (non-hydrogen) atoms. The lowest BCUT2D eigenvalue weighted by atomic mass is 10.1. The van der Waals surface area contributed by atoms with Gasteiger partial charge in [0.1, 0.15) is 5.75 Å². The fourth-order valence-corrected chi connectivity index (χ4v) is 2.51. The van der Waals surface area contributed by atoms with E-state index in [2.05, 4.69) is 33.9 Å². The molecule has 0 radical (unpaired) electrons. The monoisotopic (exact) mass is 281 g/mol. The Kier molecular flexibility index (Phi) is 5.18. The molecule has 1 rings (SSSR count). The fourth-order valence-electron chi connectivity index (χ4n) is 1.48. The third kappa shape index (κ3) is 4.33. The standard InChI is InChI=1S/C15H27NO2Si/c1-15(2,3)19(5,6)18-11-14(16)12-8-7-9-13(10-12)17-4/h7-10,14H,11,16H2,1-6H3. The minimum absolute atomic E-state index is 0.107. The first-order valence-corrected chi connectivity index (χ1v) is 9.62. The van der Waals surface area contributed by atoms with Crippen molar-refractivity contribution in [2.24, 2.45) is 5.73 Å². The minimum Gasteiger partial charge on any atom is -0.497 e. The van der Waals surface area contributed by atoms with Gasteiger partial charge in [0, 0.05) is 0 Å². The van der Waals surface area contributed by atoms with Gasteiger partial charge >= 0.3 is 0 Å². The largest absolute Gasteiger partial charge is 0.497 e. The summed E-state index contributed by atoms with van der Waals surface area (Å²) in [5.74, 6) is 0.834. The molecule has 4 heteroatoms. The van der Waals surface area contributed by atoms with E-state index in [1.165, 1.54) is 0 Å². The predicted molar refractivity (Wildman–Crippen MR) is 83.1 cm³/mol. The summed E-state index contributed by atoms with van der Waals surface area (Å²) in [7, 11) is -0.0703. The zero-order valence-electron chi connectivity index (χ0n) is 13.0. The molecule has 0 saturated carbocycles. The van der Waals surface area contributed by atoms with Crippen molar-refractivity contribution >= 4 is 8.32 Å². The second-order valence-electron chi connectivity index (χ2n) is 6.45. The molecule has 1 aromatic rings. The minimum atomic E-state index is -1.73. The molecule has 2 N–H and O–H groups in total. The van der Waals surface area contributed by atoms with Gasteiger partial charge in [0.05, 0.1) is 19.8 Å². The Morgan fingerprint density at radius 1 is 1.26 bits per heavy atom. The number of methoxy groups -OCH3 is 1.